The van der Waals surface area contributed by atoms with Crippen LogP contribution in [-0.2, 0) is 4.74 Å². The van der Waals surface area contributed by atoms with Crippen molar-refractivity contribution in [2.24, 2.45) is 5.92 Å². The van der Waals surface area contributed by atoms with Gasteiger partial charge in [0.2, 0.25) is 0 Å². The van der Waals surface area contributed by atoms with E-state index in [1.807, 2.05) is 0 Å². The highest BCUT2D eigenvalue weighted by molar-refractivity contribution is 4.71. The molecule has 2 atom stereocenters. The van der Waals surface area contributed by atoms with Crippen molar-refractivity contribution in [3.63, 3.8) is 0 Å². The Balaban J connectivity index is 2.14. The van der Waals surface area contributed by atoms with Crippen LogP contribution >= 0.6 is 0 Å². The summed E-state index contributed by atoms with van der Waals surface area (Å²) >= 11 is 0. The average molecular weight is 227 g/mol. The first-order valence-corrected chi connectivity index (χ1v) is 7.18. The third kappa shape index (κ3) is 5.86. The number of hydrogen-bond donors (Lipinski definition) is 1. The number of ether oxygens (including phenoxy) is 1. The first kappa shape index (κ1) is 14.0. The predicted octanol–water partition coefficient (Wildman–Crippen LogP) is 3.36. The van der Waals surface area contributed by atoms with Crippen LogP contribution in [-0.4, -0.2) is 25.8 Å². The lowest BCUT2D eigenvalue weighted by atomic mass is 9.98. The minimum atomic E-state index is 0.707. The first-order chi connectivity index (χ1) is 7.86. The summed E-state index contributed by atoms with van der Waals surface area (Å²) in [5.74, 6) is 0.879. The molecule has 1 fully saturated rings. The van der Waals surface area contributed by atoms with Crippen molar-refractivity contribution >= 4 is 0 Å². The van der Waals surface area contributed by atoms with E-state index in [0.29, 0.717) is 6.04 Å². The quantitative estimate of drug-likeness (QED) is 0.720. The lowest BCUT2D eigenvalue weighted by Gasteiger charge is -2.20. The van der Waals surface area contributed by atoms with E-state index in [0.717, 1.165) is 19.1 Å². The van der Waals surface area contributed by atoms with E-state index in [1.165, 1.54) is 51.5 Å². The molecule has 1 aliphatic heterocycles. The zero-order valence-corrected chi connectivity index (χ0v) is 11.1. The van der Waals surface area contributed by atoms with Crippen LogP contribution in [0.5, 0.6) is 0 Å². The Bertz CT molecular complexity index is 153. The summed E-state index contributed by atoms with van der Waals surface area (Å²) in [6.45, 7) is 7.72. The summed E-state index contributed by atoms with van der Waals surface area (Å²) in [7, 11) is 0. The molecule has 0 spiro atoms. The van der Waals surface area contributed by atoms with E-state index < -0.39 is 0 Å². The molecule has 0 aromatic heterocycles. The van der Waals surface area contributed by atoms with Gasteiger partial charge in [-0.2, -0.15) is 0 Å². The molecule has 0 aromatic rings. The Morgan fingerprint density at radius 1 is 1.25 bits per heavy atom. The van der Waals surface area contributed by atoms with Crippen molar-refractivity contribution in [3.8, 4) is 0 Å². The Morgan fingerprint density at radius 3 is 2.88 bits per heavy atom. The zero-order chi connectivity index (χ0) is 11.6. The van der Waals surface area contributed by atoms with E-state index >= 15 is 0 Å². The summed E-state index contributed by atoms with van der Waals surface area (Å²) in [6, 6.07) is 0.707. The third-order valence-corrected chi connectivity index (χ3v) is 3.69. The SMILES string of the molecule is CCCCC(CC)CNC1CCCOCC1. The Hall–Kier alpha value is -0.0800. The maximum atomic E-state index is 5.48. The second-order valence-corrected chi connectivity index (χ2v) is 5.06. The molecule has 1 N–H and O–H groups in total. The van der Waals surface area contributed by atoms with Crippen LogP contribution in [0.3, 0.4) is 0 Å². The number of hydrogen-bond acceptors (Lipinski definition) is 2. The van der Waals surface area contributed by atoms with E-state index in [4.69, 9.17) is 4.74 Å². The van der Waals surface area contributed by atoms with Crippen LogP contribution in [0.25, 0.3) is 0 Å². The predicted molar refractivity (Wildman–Crippen MR) is 69.8 cm³/mol. The maximum Gasteiger partial charge on any atom is 0.0480 e. The van der Waals surface area contributed by atoms with Gasteiger partial charge in [-0.1, -0.05) is 33.1 Å². The molecule has 1 aliphatic rings. The third-order valence-electron chi connectivity index (χ3n) is 3.69. The molecule has 2 nitrogen and oxygen atoms in total. The fourth-order valence-electron chi connectivity index (χ4n) is 2.38. The lowest BCUT2D eigenvalue weighted by Crippen LogP contribution is -2.33. The van der Waals surface area contributed by atoms with Crippen molar-refractivity contribution < 1.29 is 4.74 Å². The van der Waals surface area contributed by atoms with Gasteiger partial charge in [0.25, 0.3) is 0 Å². The van der Waals surface area contributed by atoms with E-state index in [2.05, 4.69) is 19.2 Å². The molecule has 0 radical (unpaired) electrons. The first-order valence-electron chi connectivity index (χ1n) is 7.18. The van der Waals surface area contributed by atoms with Gasteiger partial charge in [0.15, 0.2) is 0 Å². The minimum absolute atomic E-state index is 0.707. The van der Waals surface area contributed by atoms with E-state index in [9.17, 15) is 0 Å². The van der Waals surface area contributed by atoms with Gasteiger partial charge in [-0.3, -0.25) is 0 Å². The molecule has 0 saturated carbocycles. The summed E-state index contributed by atoms with van der Waals surface area (Å²) in [5.41, 5.74) is 0. The van der Waals surface area contributed by atoms with Gasteiger partial charge in [0.1, 0.15) is 0 Å². The van der Waals surface area contributed by atoms with Crippen molar-refractivity contribution in [1.82, 2.24) is 5.32 Å². The molecule has 16 heavy (non-hydrogen) atoms. The molecule has 0 aromatic carbocycles. The highest BCUT2D eigenvalue weighted by Gasteiger charge is 2.13. The van der Waals surface area contributed by atoms with Gasteiger partial charge in [0, 0.05) is 19.3 Å². The molecule has 0 amide bonds. The van der Waals surface area contributed by atoms with Gasteiger partial charge in [0.05, 0.1) is 0 Å². The van der Waals surface area contributed by atoms with Crippen molar-refractivity contribution in [2.75, 3.05) is 19.8 Å². The largest absolute Gasteiger partial charge is 0.381 e. The smallest absolute Gasteiger partial charge is 0.0480 e. The topological polar surface area (TPSA) is 21.3 Å². The second kappa shape index (κ2) is 9.00. The molecule has 1 rings (SSSR count). The molecule has 0 aliphatic carbocycles. The van der Waals surface area contributed by atoms with Crippen LogP contribution in [0.4, 0.5) is 0 Å². The summed E-state index contributed by atoms with van der Waals surface area (Å²) in [5, 5.41) is 3.74. The van der Waals surface area contributed by atoms with Crippen molar-refractivity contribution in [1.29, 1.82) is 0 Å². The molecule has 2 heteroatoms. The van der Waals surface area contributed by atoms with Crippen LogP contribution in [0.2, 0.25) is 0 Å². The Morgan fingerprint density at radius 2 is 2.12 bits per heavy atom. The van der Waals surface area contributed by atoms with Gasteiger partial charge in [-0.25, -0.2) is 0 Å². The zero-order valence-electron chi connectivity index (χ0n) is 11.1. The summed E-state index contributed by atoms with van der Waals surface area (Å²) in [6.07, 6.45) is 9.14. The second-order valence-electron chi connectivity index (χ2n) is 5.06. The van der Waals surface area contributed by atoms with Crippen molar-refractivity contribution in [2.45, 2.75) is 64.8 Å². The van der Waals surface area contributed by atoms with E-state index in [1.54, 1.807) is 0 Å². The molecule has 1 heterocycles. The summed E-state index contributed by atoms with van der Waals surface area (Å²) in [4.78, 5) is 0. The van der Waals surface area contributed by atoms with Crippen LogP contribution in [0, 0.1) is 5.92 Å². The van der Waals surface area contributed by atoms with Crippen molar-refractivity contribution in [3.05, 3.63) is 0 Å². The fraction of sp³-hybridized carbons (Fsp3) is 1.00. The van der Waals surface area contributed by atoms with Gasteiger partial charge < -0.3 is 10.1 Å². The summed E-state index contributed by atoms with van der Waals surface area (Å²) < 4.78 is 5.48. The molecule has 1 saturated heterocycles. The standard InChI is InChI=1S/C14H29NO/c1-3-5-7-13(4-2)12-15-14-8-6-10-16-11-9-14/h13-15H,3-12H2,1-2H3. The molecule has 0 bridgehead atoms. The number of rotatable bonds is 7. The molecular weight excluding hydrogens is 198 g/mol. The van der Waals surface area contributed by atoms with Gasteiger partial charge in [-0.05, 0) is 38.1 Å². The van der Waals surface area contributed by atoms with Gasteiger partial charge in [-0.15, -0.1) is 0 Å². The molecular formula is C14H29NO. The maximum absolute atomic E-state index is 5.48. The van der Waals surface area contributed by atoms with Crippen LogP contribution in [0.15, 0.2) is 0 Å². The Kier molecular flexibility index (Phi) is 7.87. The highest BCUT2D eigenvalue weighted by atomic mass is 16.5. The normalized spacial score (nSPS) is 24.0. The lowest BCUT2D eigenvalue weighted by molar-refractivity contribution is 0.142. The monoisotopic (exact) mass is 227 g/mol. The minimum Gasteiger partial charge on any atom is -0.381 e. The molecule has 96 valence electrons. The molecule has 2 unspecified atom stereocenters. The number of nitrogens with one attached hydrogen (secondary N) is 1. The van der Waals surface area contributed by atoms with Crippen LogP contribution < -0.4 is 5.32 Å². The van der Waals surface area contributed by atoms with Gasteiger partial charge >= 0.3 is 0 Å². The van der Waals surface area contributed by atoms with Crippen LogP contribution in [0.1, 0.15) is 58.8 Å². The highest BCUT2D eigenvalue weighted by Crippen LogP contribution is 2.13. The number of unbranched alkanes of at least 4 members (excludes halogenated alkanes) is 1. The average Bonchev–Trinajstić information content (AvgIpc) is 2.58. The Labute approximate surface area is 101 Å². The van der Waals surface area contributed by atoms with E-state index in [-0.39, 0.29) is 0 Å². The fourth-order valence-corrected chi connectivity index (χ4v) is 2.38.